The Balaban J connectivity index is 1.54. The van der Waals surface area contributed by atoms with E-state index in [-0.39, 0.29) is 11.1 Å². The van der Waals surface area contributed by atoms with E-state index in [9.17, 15) is 9.59 Å². The standard InChI is InChI=1S/C22H22N4O3S2/c1-29-11-10-26-21(28)19-15-6-2-3-7-16(15)31-20(19)24-22(26)30-13-14-12-18(27)25-9-5-4-8-17(25)23-14/h4-5,8-9,12H,2-3,6-7,10-11,13H2,1H3. The number of aromatic nitrogens is 4. The number of pyridine rings is 1. The number of rotatable bonds is 6. The summed E-state index contributed by atoms with van der Waals surface area (Å²) in [4.78, 5) is 37.4. The number of ether oxygens (including phenoxy) is 1. The summed E-state index contributed by atoms with van der Waals surface area (Å²) in [6.07, 6.45) is 5.98. The fourth-order valence-electron chi connectivity index (χ4n) is 4.03. The monoisotopic (exact) mass is 454 g/mol. The van der Waals surface area contributed by atoms with Crippen LogP contribution in [0, 0.1) is 0 Å². The molecule has 0 fully saturated rings. The number of aryl methyl sites for hydroxylation is 2. The van der Waals surface area contributed by atoms with Crippen LogP contribution in [0.15, 0.2) is 45.2 Å². The van der Waals surface area contributed by atoms with Crippen molar-refractivity contribution in [1.29, 1.82) is 0 Å². The quantitative estimate of drug-likeness (QED) is 0.329. The van der Waals surface area contributed by atoms with Gasteiger partial charge in [0.25, 0.3) is 11.1 Å². The average molecular weight is 455 g/mol. The van der Waals surface area contributed by atoms with E-state index in [1.165, 1.54) is 33.0 Å². The molecule has 4 aromatic rings. The Labute approximate surface area is 186 Å². The highest BCUT2D eigenvalue weighted by Gasteiger charge is 2.22. The molecule has 0 saturated heterocycles. The number of hydrogen-bond acceptors (Lipinski definition) is 7. The molecule has 0 unspecified atom stereocenters. The summed E-state index contributed by atoms with van der Waals surface area (Å²) in [6.45, 7) is 0.877. The smallest absolute Gasteiger partial charge is 0.263 e. The highest BCUT2D eigenvalue weighted by atomic mass is 32.2. The molecule has 0 atom stereocenters. The summed E-state index contributed by atoms with van der Waals surface area (Å²) in [7, 11) is 1.63. The van der Waals surface area contributed by atoms with E-state index in [0.717, 1.165) is 29.5 Å². The van der Waals surface area contributed by atoms with Crippen molar-refractivity contribution in [1.82, 2.24) is 18.9 Å². The lowest BCUT2D eigenvalue weighted by atomic mass is 9.97. The van der Waals surface area contributed by atoms with Crippen LogP contribution < -0.4 is 11.1 Å². The van der Waals surface area contributed by atoms with E-state index in [1.807, 2.05) is 12.1 Å². The zero-order valence-corrected chi connectivity index (χ0v) is 18.8. The average Bonchev–Trinajstić information content (AvgIpc) is 3.16. The van der Waals surface area contributed by atoms with Gasteiger partial charge in [0.15, 0.2) is 5.16 Å². The van der Waals surface area contributed by atoms with Gasteiger partial charge in [0.1, 0.15) is 10.5 Å². The Morgan fingerprint density at radius 2 is 2.06 bits per heavy atom. The molecule has 0 radical (unpaired) electrons. The van der Waals surface area contributed by atoms with E-state index in [4.69, 9.17) is 9.72 Å². The van der Waals surface area contributed by atoms with Gasteiger partial charge in [-0.25, -0.2) is 9.97 Å². The first-order chi connectivity index (χ1) is 15.2. The van der Waals surface area contributed by atoms with Crippen LogP contribution in [0.25, 0.3) is 15.9 Å². The van der Waals surface area contributed by atoms with Crippen molar-refractivity contribution in [3.63, 3.8) is 0 Å². The number of thioether (sulfide) groups is 1. The van der Waals surface area contributed by atoms with Gasteiger partial charge in [-0.2, -0.15) is 0 Å². The molecule has 7 nitrogen and oxygen atoms in total. The molecule has 0 aliphatic heterocycles. The van der Waals surface area contributed by atoms with Gasteiger partial charge >= 0.3 is 0 Å². The van der Waals surface area contributed by atoms with Crippen LogP contribution in [0.2, 0.25) is 0 Å². The first-order valence-electron chi connectivity index (χ1n) is 10.3. The fourth-order valence-corrected chi connectivity index (χ4v) is 6.25. The predicted molar refractivity (Wildman–Crippen MR) is 123 cm³/mol. The summed E-state index contributed by atoms with van der Waals surface area (Å²) in [6, 6.07) is 7.01. The molecule has 4 aromatic heterocycles. The number of nitrogens with zero attached hydrogens (tertiary/aromatic N) is 4. The van der Waals surface area contributed by atoms with Gasteiger partial charge in [0, 0.05) is 30.0 Å². The summed E-state index contributed by atoms with van der Waals surface area (Å²) in [5.74, 6) is 0.455. The molecular formula is C22H22N4O3S2. The van der Waals surface area contributed by atoms with Gasteiger partial charge in [-0.15, -0.1) is 11.3 Å². The van der Waals surface area contributed by atoms with Gasteiger partial charge in [-0.1, -0.05) is 17.8 Å². The van der Waals surface area contributed by atoms with Crippen LogP contribution >= 0.6 is 23.1 Å². The van der Waals surface area contributed by atoms with Crippen LogP contribution in [0.1, 0.15) is 29.0 Å². The van der Waals surface area contributed by atoms with Crippen molar-refractivity contribution in [3.8, 4) is 0 Å². The third kappa shape index (κ3) is 3.81. The Hall–Kier alpha value is -2.49. The van der Waals surface area contributed by atoms with Crippen LogP contribution in [0.3, 0.4) is 0 Å². The Bertz CT molecular complexity index is 1390. The van der Waals surface area contributed by atoms with Crippen molar-refractivity contribution >= 4 is 39.0 Å². The molecule has 0 spiro atoms. The minimum Gasteiger partial charge on any atom is -0.383 e. The molecule has 31 heavy (non-hydrogen) atoms. The van der Waals surface area contributed by atoms with Crippen molar-refractivity contribution in [3.05, 3.63) is 67.3 Å². The maximum Gasteiger partial charge on any atom is 0.263 e. The Kier molecular flexibility index (Phi) is 5.64. The van der Waals surface area contributed by atoms with Gasteiger partial charge in [-0.05, 0) is 43.4 Å². The minimum absolute atomic E-state index is 0.00971. The second-order valence-electron chi connectivity index (χ2n) is 7.54. The van der Waals surface area contributed by atoms with Gasteiger partial charge < -0.3 is 4.74 Å². The third-order valence-electron chi connectivity index (χ3n) is 5.53. The van der Waals surface area contributed by atoms with E-state index in [1.54, 1.807) is 41.3 Å². The second-order valence-corrected chi connectivity index (χ2v) is 9.56. The van der Waals surface area contributed by atoms with Crippen molar-refractivity contribution in [2.75, 3.05) is 13.7 Å². The predicted octanol–water partition coefficient (Wildman–Crippen LogP) is 3.28. The molecule has 0 N–H and O–H groups in total. The van der Waals surface area contributed by atoms with Crippen LogP contribution in [-0.2, 0) is 29.9 Å². The van der Waals surface area contributed by atoms with E-state index in [0.29, 0.717) is 35.4 Å². The summed E-state index contributed by atoms with van der Waals surface area (Å²) >= 11 is 3.08. The SMILES string of the molecule is COCCn1c(SCc2cc(=O)n3ccccc3n2)nc2sc3c(c2c1=O)CCCC3. The second kappa shape index (κ2) is 8.57. The van der Waals surface area contributed by atoms with Crippen molar-refractivity contribution in [2.24, 2.45) is 0 Å². The largest absolute Gasteiger partial charge is 0.383 e. The maximum atomic E-state index is 13.4. The van der Waals surface area contributed by atoms with E-state index in [2.05, 4.69) is 4.98 Å². The zero-order valence-electron chi connectivity index (χ0n) is 17.2. The molecule has 4 heterocycles. The summed E-state index contributed by atoms with van der Waals surface area (Å²) < 4.78 is 8.47. The fraction of sp³-hybridized carbons (Fsp3) is 0.364. The number of methoxy groups -OCH3 is 1. The normalized spacial score (nSPS) is 13.7. The number of thiophene rings is 1. The Morgan fingerprint density at radius 3 is 2.94 bits per heavy atom. The highest BCUT2D eigenvalue weighted by Crippen LogP contribution is 2.35. The molecule has 0 amide bonds. The topological polar surface area (TPSA) is 78.5 Å². The van der Waals surface area contributed by atoms with Crippen molar-refractivity contribution < 1.29 is 4.74 Å². The molecular weight excluding hydrogens is 432 g/mol. The first kappa shape index (κ1) is 20.4. The summed E-state index contributed by atoms with van der Waals surface area (Å²) in [5.41, 5.74) is 2.36. The van der Waals surface area contributed by atoms with Gasteiger partial charge in [0.2, 0.25) is 0 Å². The lowest BCUT2D eigenvalue weighted by molar-refractivity contribution is 0.183. The summed E-state index contributed by atoms with van der Waals surface area (Å²) in [5, 5.41) is 1.42. The molecule has 9 heteroatoms. The van der Waals surface area contributed by atoms with Crippen LogP contribution in [0.5, 0.6) is 0 Å². The zero-order chi connectivity index (χ0) is 21.4. The molecule has 1 aliphatic carbocycles. The van der Waals surface area contributed by atoms with Gasteiger partial charge in [-0.3, -0.25) is 18.6 Å². The molecule has 5 rings (SSSR count). The molecule has 0 bridgehead atoms. The molecule has 0 aromatic carbocycles. The highest BCUT2D eigenvalue weighted by molar-refractivity contribution is 7.98. The first-order valence-corrected chi connectivity index (χ1v) is 12.1. The molecule has 160 valence electrons. The lowest BCUT2D eigenvalue weighted by Gasteiger charge is -2.13. The maximum absolute atomic E-state index is 13.4. The molecule has 1 aliphatic rings. The molecule has 0 saturated carbocycles. The van der Waals surface area contributed by atoms with Crippen LogP contribution in [-0.4, -0.2) is 32.7 Å². The number of hydrogen-bond donors (Lipinski definition) is 0. The van der Waals surface area contributed by atoms with E-state index >= 15 is 0 Å². The van der Waals surface area contributed by atoms with Crippen LogP contribution in [0.4, 0.5) is 0 Å². The lowest BCUT2D eigenvalue weighted by Crippen LogP contribution is -2.25. The van der Waals surface area contributed by atoms with Gasteiger partial charge in [0.05, 0.1) is 24.2 Å². The third-order valence-corrected chi connectivity index (χ3v) is 7.73. The van der Waals surface area contributed by atoms with Crippen molar-refractivity contribution in [2.45, 2.75) is 43.1 Å². The number of fused-ring (bicyclic) bond motifs is 4. The minimum atomic E-state index is -0.118. The van der Waals surface area contributed by atoms with E-state index < -0.39 is 0 Å². The Morgan fingerprint density at radius 1 is 1.19 bits per heavy atom.